The molecule has 208 valence electrons. The molecule has 0 radical (unpaired) electrons. The van der Waals surface area contributed by atoms with Crippen molar-refractivity contribution in [3.05, 3.63) is 92.0 Å². The van der Waals surface area contributed by atoms with Crippen LogP contribution >= 0.6 is 45.8 Å². The normalized spacial score (nSPS) is 12.2. The van der Waals surface area contributed by atoms with Crippen molar-refractivity contribution in [2.75, 3.05) is 17.4 Å². The predicted molar refractivity (Wildman–Crippen MR) is 164 cm³/mol. The van der Waals surface area contributed by atoms with Gasteiger partial charge in [-0.3, -0.25) is 13.9 Å². The van der Waals surface area contributed by atoms with E-state index in [0.717, 1.165) is 7.88 Å². The molecule has 0 bridgehead atoms. The highest BCUT2D eigenvalue weighted by molar-refractivity contribution is 14.1. The lowest BCUT2D eigenvalue weighted by atomic mass is 10.1. The number of benzene rings is 3. The number of sulfonamides is 1. The minimum absolute atomic E-state index is 0.0415. The Balaban J connectivity index is 2.03. The van der Waals surface area contributed by atoms with Gasteiger partial charge in [-0.05, 0) is 84.0 Å². The third kappa shape index (κ3) is 8.09. The van der Waals surface area contributed by atoms with Gasteiger partial charge >= 0.3 is 0 Å². The van der Waals surface area contributed by atoms with Gasteiger partial charge in [-0.15, -0.1) is 0 Å². The number of hydrogen-bond acceptors (Lipinski definition) is 4. The van der Waals surface area contributed by atoms with Crippen LogP contribution in [0.3, 0.4) is 0 Å². The van der Waals surface area contributed by atoms with E-state index in [4.69, 9.17) is 23.2 Å². The molecule has 3 aromatic rings. The van der Waals surface area contributed by atoms with Gasteiger partial charge in [0.15, 0.2) is 0 Å². The summed E-state index contributed by atoms with van der Waals surface area (Å²) in [6.45, 7) is 5.32. The lowest BCUT2D eigenvalue weighted by Crippen LogP contribution is -2.51. The topological polar surface area (TPSA) is 86.8 Å². The van der Waals surface area contributed by atoms with Crippen LogP contribution in [0.5, 0.6) is 0 Å². The summed E-state index contributed by atoms with van der Waals surface area (Å²) in [4.78, 5) is 28.3. The van der Waals surface area contributed by atoms with Gasteiger partial charge in [0.1, 0.15) is 12.6 Å². The van der Waals surface area contributed by atoms with Crippen molar-refractivity contribution in [1.29, 1.82) is 0 Å². The molecule has 3 aromatic carbocycles. The molecule has 0 aliphatic rings. The van der Waals surface area contributed by atoms with Crippen LogP contribution in [0.1, 0.15) is 26.3 Å². The molecule has 0 aliphatic carbocycles. The molecule has 0 heterocycles. The Morgan fingerprint density at radius 2 is 1.49 bits per heavy atom. The van der Waals surface area contributed by atoms with E-state index in [1.54, 1.807) is 67.6 Å². The van der Waals surface area contributed by atoms with E-state index in [-0.39, 0.29) is 23.3 Å². The highest BCUT2D eigenvalue weighted by atomic mass is 127. The van der Waals surface area contributed by atoms with E-state index < -0.39 is 28.5 Å². The van der Waals surface area contributed by atoms with Crippen molar-refractivity contribution >= 4 is 73.3 Å². The van der Waals surface area contributed by atoms with Gasteiger partial charge < -0.3 is 10.2 Å². The number of anilines is 1. The maximum absolute atomic E-state index is 13.9. The number of nitrogens with one attached hydrogen (secondary N) is 1. The third-order valence-electron chi connectivity index (χ3n) is 5.97. The highest BCUT2D eigenvalue weighted by Gasteiger charge is 2.33. The average molecular weight is 702 g/mol. The first-order chi connectivity index (χ1) is 18.4. The molecule has 0 aliphatic heterocycles. The largest absolute Gasteiger partial charge is 0.354 e. The summed E-state index contributed by atoms with van der Waals surface area (Å²) in [5, 5.41) is 3.52. The number of carbonyl (C=O) groups is 2. The fourth-order valence-electron chi connectivity index (χ4n) is 3.74. The first kappa shape index (κ1) is 31.2. The van der Waals surface area contributed by atoms with Crippen LogP contribution in [0.15, 0.2) is 77.7 Å². The first-order valence-electron chi connectivity index (χ1n) is 12.2. The van der Waals surface area contributed by atoms with Crippen molar-refractivity contribution in [2.45, 2.75) is 38.3 Å². The van der Waals surface area contributed by atoms with E-state index in [2.05, 4.69) is 27.9 Å². The quantitative estimate of drug-likeness (QED) is 0.249. The number of rotatable bonds is 11. The second kappa shape index (κ2) is 13.8. The van der Waals surface area contributed by atoms with E-state index in [0.29, 0.717) is 27.8 Å². The standard InChI is InChI=1S/C28H30Cl2IN3O4S/c1-19(2)16-32-28(36)20(3)33(17-24-25(29)10-7-11-26(24)30)27(35)18-34(22-14-12-21(31)13-15-22)39(37,38)23-8-5-4-6-9-23/h4-15,19-20H,16-18H2,1-3H3,(H,32,36)/t20-/m1/s1. The van der Waals surface area contributed by atoms with E-state index in [1.807, 2.05) is 13.8 Å². The zero-order valence-corrected chi connectivity index (χ0v) is 26.3. The van der Waals surface area contributed by atoms with Crippen LogP contribution < -0.4 is 9.62 Å². The van der Waals surface area contributed by atoms with Crippen molar-refractivity contribution in [1.82, 2.24) is 10.2 Å². The lowest BCUT2D eigenvalue weighted by molar-refractivity contribution is -0.139. The molecule has 2 amide bonds. The fraction of sp³-hybridized carbons (Fsp3) is 0.286. The minimum Gasteiger partial charge on any atom is -0.354 e. The Hall–Kier alpha value is -2.34. The molecule has 0 saturated carbocycles. The maximum atomic E-state index is 13.9. The second-order valence-electron chi connectivity index (χ2n) is 9.34. The Morgan fingerprint density at radius 1 is 0.897 bits per heavy atom. The molecule has 11 heteroatoms. The third-order valence-corrected chi connectivity index (χ3v) is 9.18. The van der Waals surface area contributed by atoms with Gasteiger partial charge in [-0.2, -0.15) is 0 Å². The van der Waals surface area contributed by atoms with Crippen LogP contribution in [0.2, 0.25) is 10.0 Å². The molecule has 3 rings (SSSR count). The van der Waals surface area contributed by atoms with E-state index in [9.17, 15) is 18.0 Å². The molecule has 0 aromatic heterocycles. The van der Waals surface area contributed by atoms with E-state index >= 15 is 0 Å². The Kier molecular flexibility index (Phi) is 11.1. The van der Waals surface area contributed by atoms with Crippen molar-refractivity contribution in [3.8, 4) is 0 Å². The summed E-state index contributed by atoms with van der Waals surface area (Å²) in [6.07, 6.45) is 0. The summed E-state index contributed by atoms with van der Waals surface area (Å²) in [6, 6.07) is 18.8. The summed E-state index contributed by atoms with van der Waals surface area (Å²) >= 11 is 14.9. The van der Waals surface area contributed by atoms with Gasteiger partial charge in [-0.25, -0.2) is 8.42 Å². The molecule has 1 atom stereocenters. The summed E-state index contributed by atoms with van der Waals surface area (Å²) < 4.78 is 29.5. The van der Waals surface area contributed by atoms with Gasteiger partial charge in [0.05, 0.1) is 10.6 Å². The first-order valence-corrected chi connectivity index (χ1v) is 15.5. The zero-order chi connectivity index (χ0) is 28.7. The Labute approximate surface area is 253 Å². The second-order valence-corrected chi connectivity index (χ2v) is 13.3. The van der Waals surface area contributed by atoms with Crippen LogP contribution in [0.25, 0.3) is 0 Å². The number of halogens is 3. The number of hydrogen-bond donors (Lipinski definition) is 1. The van der Waals surface area contributed by atoms with Gasteiger partial charge in [0.2, 0.25) is 11.8 Å². The Morgan fingerprint density at radius 3 is 2.05 bits per heavy atom. The van der Waals surface area contributed by atoms with Crippen LogP contribution in [0.4, 0.5) is 5.69 Å². The summed E-state index contributed by atoms with van der Waals surface area (Å²) in [5.74, 6) is -0.751. The van der Waals surface area contributed by atoms with Crippen LogP contribution in [-0.4, -0.2) is 44.3 Å². The SMILES string of the molecule is CC(C)CNC(=O)[C@@H](C)N(Cc1c(Cl)cccc1Cl)C(=O)CN(c1ccc(I)cc1)S(=O)(=O)c1ccccc1. The van der Waals surface area contributed by atoms with Gasteiger partial charge in [0.25, 0.3) is 10.0 Å². The minimum atomic E-state index is -4.12. The summed E-state index contributed by atoms with van der Waals surface area (Å²) in [7, 11) is -4.12. The number of amides is 2. The zero-order valence-electron chi connectivity index (χ0n) is 21.8. The molecule has 0 spiro atoms. The van der Waals surface area contributed by atoms with Crippen LogP contribution in [0, 0.1) is 9.49 Å². The smallest absolute Gasteiger partial charge is 0.264 e. The van der Waals surface area contributed by atoms with Crippen molar-refractivity contribution in [2.24, 2.45) is 5.92 Å². The molecule has 1 N–H and O–H groups in total. The lowest BCUT2D eigenvalue weighted by Gasteiger charge is -2.32. The molecule has 0 unspecified atom stereocenters. The van der Waals surface area contributed by atoms with E-state index in [1.165, 1.54) is 17.0 Å². The Bertz CT molecular complexity index is 1380. The number of carbonyl (C=O) groups excluding carboxylic acids is 2. The highest BCUT2D eigenvalue weighted by Crippen LogP contribution is 2.28. The summed E-state index contributed by atoms with van der Waals surface area (Å²) in [5.41, 5.74) is 0.782. The fourth-order valence-corrected chi connectivity index (χ4v) is 6.06. The molecule has 7 nitrogen and oxygen atoms in total. The molecule has 39 heavy (non-hydrogen) atoms. The van der Waals surface area contributed by atoms with Crippen molar-refractivity contribution < 1.29 is 18.0 Å². The molecular weight excluding hydrogens is 672 g/mol. The van der Waals surface area contributed by atoms with Gasteiger partial charge in [0, 0.05) is 32.3 Å². The predicted octanol–water partition coefficient (Wildman–Crippen LogP) is 5.98. The average Bonchev–Trinajstić information content (AvgIpc) is 2.90. The molecule has 0 saturated heterocycles. The monoisotopic (exact) mass is 701 g/mol. The number of nitrogens with zero attached hydrogens (tertiary/aromatic N) is 2. The maximum Gasteiger partial charge on any atom is 0.264 e. The molecule has 0 fully saturated rings. The molecular formula is C28H30Cl2IN3O4S. The van der Waals surface area contributed by atoms with Crippen molar-refractivity contribution in [3.63, 3.8) is 0 Å². The van der Waals surface area contributed by atoms with Gasteiger partial charge in [-0.1, -0.05) is 61.3 Å². The van der Waals surface area contributed by atoms with Crippen LogP contribution in [-0.2, 0) is 26.2 Å².